The van der Waals surface area contributed by atoms with Crippen molar-refractivity contribution in [2.75, 3.05) is 0 Å². The van der Waals surface area contributed by atoms with Gasteiger partial charge in [-0.1, -0.05) is 55.8 Å². The van der Waals surface area contributed by atoms with Crippen molar-refractivity contribution in [2.24, 2.45) is 4.99 Å². The number of hydrogen-bond donors (Lipinski definition) is 1. The Morgan fingerprint density at radius 1 is 1.05 bits per heavy atom. The number of aromatic hydroxyl groups is 1. The molecule has 0 amide bonds. The Morgan fingerprint density at radius 2 is 1.89 bits per heavy atom. The molecule has 0 fully saturated rings. The molecule has 4 aromatic carbocycles. The first-order valence-electron chi connectivity index (χ1n) is 12.2. The van der Waals surface area contributed by atoms with Gasteiger partial charge in [0, 0.05) is 22.4 Å². The number of aliphatic imine (C=N–C) groups is 1. The molecular formula is C31H26BrClN2O2. The van der Waals surface area contributed by atoms with E-state index in [1.807, 2.05) is 66.7 Å². The summed E-state index contributed by atoms with van der Waals surface area (Å²) < 4.78 is 6.64. The van der Waals surface area contributed by atoms with Crippen LogP contribution in [0.1, 0.15) is 48.4 Å². The molecule has 186 valence electrons. The highest BCUT2D eigenvalue weighted by molar-refractivity contribution is 9.10. The molecular weight excluding hydrogens is 548 g/mol. The van der Waals surface area contributed by atoms with Gasteiger partial charge in [-0.3, -0.25) is 4.99 Å². The van der Waals surface area contributed by atoms with Crippen LogP contribution in [0, 0.1) is 0 Å². The third-order valence-corrected chi connectivity index (χ3v) is 7.52. The van der Waals surface area contributed by atoms with E-state index in [4.69, 9.17) is 21.0 Å². The van der Waals surface area contributed by atoms with Crippen LogP contribution in [0.25, 0.3) is 22.6 Å². The molecule has 0 aliphatic carbocycles. The van der Waals surface area contributed by atoms with Crippen molar-refractivity contribution in [3.8, 4) is 17.2 Å². The summed E-state index contributed by atoms with van der Waals surface area (Å²) in [5, 5.41) is 11.3. The summed E-state index contributed by atoms with van der Waals surface area (Å²) in [5.41, 5.74) is 7.09. The molecule has 1 aromatic heterocycles. The predicted molar refractivity (Wildman–Crippen MR) is 155 cm³/mol. The van der Waals surface area contributed by atoms with Gasteiger partial charge in [-0.2, -0.15) is 0 Å². The topological polar surface area (TPSA) is 58.6 Å². The van der Waals surface area contributed by atoms with Crippen molar-refractivity contribution in [1.29, 1.82) is 0 Å². The molecule has 1 atom stereocenters. The third-order valence-electron chi connectivity index (χ3n) is 6.54. The highest BCUT2D eigenvalue weighted by atomic mass is 79.9. The number of phenols is 1. The second-order valence-corrected chi connectivity index (χ2v) is 10.4. The highest BCUT2D eigenvalue weighted by Crippen LogP contribution is 2.32. The first kappa shape index (κ1) is 25.2. The number of aromatic nitrogens is 1. The zero-order valence-electron chi connectivity index (χ0n) is 20.6. The van der Waals surface area contributed by atoms with Crippen LogP contribution in [0.15, 0.2) is 92.7 Å². The lowest BCUT2D eigenvalue weighted by atomic mass is 9.98. The van der Waals surface area contributed by atoms with E-state index in [0.717, 1.165) is 39.9 Å². The van der Waals surface area contributed by atoms with E-state index >= 15 is 0 Å². The Kier molecular flexibility index (Phi) is 7.45. The monoisotopic (exact) mass is 572 g/mol. The summed E-state index contributed by atoms with van der Waals surface area (Å²) in [6.07, 6.45) is 3.39. The number of nitrogens with zero attached hydrogens (tertiary/aromatic N) is 2. The molecule has 1 heterocycles. The first-order chi connectivity index (χ1) is 17.9. The van der Waals surface area contributed by atoms with E-state index in [0.29, 0.717) is 33.3 Å². The number of rotatable bonds is 7. The zero-order chi connectivity index (χ0) is 25.9. The lowest BCUT2D eigenvalue weighted by Gasteiger charge is -2.09. The van der Waals surface area contributed by atoms with Crippen LogP contribution in [-0.2, 0) is 6.42 Å². The second kappa shape index (κ2) is 10.9. The molecule has 0 spiro atoms. The van der Waals surface area contributed by atoms with Crippen molar-refractivity contribution in [3.63, 3.8) is 0 Å². The van der Waals surface area contributed by atoms with Crippen molar-refractivity contribution >= 4 is 50.5 Å². The molecule has 0 aliphatic heterocycles. The molecule has 0 saturated carbocycles. The summed E-state index contributed by atoms with van der Waals surface area (Å²) in [7, 11) is 0. The zero-order valence-corrected chi connectivity index (χ0v) is 22.9. The van der Waals surface area contributed by atoms with Crippen molar-refractivity contribution in [3.05, 3.63) is 111 Å². The summed E-state index contributed by atoms with van der Waals surface area (Å²) in [5.74, 6) is 1.17. The number of benzene rings is 4. The molecule has 6 heteroatoms. The van der Waals surface area contributed by atoms with Gasteiger partial charge in [0.05, 0.1) is 10.2 Å². The summed E-state index contributed by atoms with van der Waals surface area (Å²) >= 11 is 9.81. The molecule has 4 nitrogen and oxygen atoms in total. The third kappa shape index (κ3) is 5.63. The van der Waals surface area contributed by atoms with E-state index in [1.54, 1.807) is 6.21 Å². The minimum Gasteiger partial charge on any atom is -0.506 e. The number of halogens is 2. The number of oxazole rings is 1. The maximum atomic E-state index is 10.6. The Balaban J connectivity index is 1.41. The van der Waals surface area contributed by atoms with Gasteiger partial charge in [0.2, 0.25) is 5.89 Å². The molecule has 5 rings (SSSR count). The SMILES string of the molecule is CCC(C)c1ccc2oc(-c3cccc(N=Cc4cc(Cc5ccccc5Cl)cc(Br)c4O)c3)nc2c1. The molecule has 0 bridgehead atoms. The fourth-order valence-electron chi connectivity index (χ4n) is 4.21. The Hall–Kier alpha value is -3.41. The van der Waals surface area contributed by atoms with Crippen LogP contribution in [0.3, 0.4) is 0 Å². The van der Waals surface area contributed by atoms with Gasteiger partial charge >= 0.3 is 0 Å². The lowest BCUT2D eigenvalue weighted by molar-refractivity contribution is 0.471. The summed E-state index contributed by atoms with van der Waals surface area (Å²) in [6.45, 7) is 4.40. The summed E-state index contributed by atoms with van der Waals surface area (Å²) in [4.78, 5) is 9.36. The van der Waals surface area contributed by atoms with Crippen LogP contribution in [-0.4, -0.2) is 16.3 Å². The normalized spacial score (nSPS) is 12.4. The Morgan fingerprint density at radius 3 is 2.70 bits per heavy atom. The van der Waals surface area contributed by atoms with E-state index in [1.165, 1.54) is 5.56 Å². The first-order valence-corrected chi connectivity index (χ1v) is 13.4. The van der Waals surface area contributed by atoms with Gasteiger partial charge < -0.3 is 9.52 Å². The standard InChI is InChI=1S/C31H26BrClN2O2/c1-3-19(2)21-11-12-29-28(17-21)35-31(37-29)23-8-6-9-25(16-23)34-18-24-14-20(15-26(32)30(24)36)13-22-7-4-5-10-27(22)33/h4-12,14-19,36H,3,13H2,1-2H3. The van der Waals surface area contributed by atoms with E-state index in [-0.39, 0.29) is 5.75 Å². The van der Waals surface area contributed by atoms with Gasteiger partial charge in [-0.25, -0.2) is 4.98 Å². The van der Waals surface area contributed by atoms with Gasteiger partial charge in [-0.15, -0.1) is 0 Å². The molecule has 1 unspecified atom stereocenters. The lowest BCUT2D eigenvalue weighted by Crippen LogP contribution is -1.93. The molecule has 0 saturated heterocycles. The van der Waals surface area contributed by atoms with Crippen molar-refractivity contribution < 1.29 is 9.52 Å². The molecule has 0 radical (unpaired) electrons. The Labute approximate surface area is 229 Å². The molecule has 0 aliphatic rings. The van der Waals surface area contributed by atoms with Crippen LogP contribution >= 0.6 is 27.5 Å². The molecule has 5 aromatic rings. The van der Waals surface area contributed by atoms with Gasteiger partial charge in [0.15, 0.2) is 5.58 Å². The van der Waals surface area contributed by atoms with E-state index in [2.05, 4.69) is 46.9 Å². The predicted octanol–water partition coefficient (Wildman–Crippen LogP) is 9.47. The fraction of sp³-hybridized carbons (Fsp3) is 0.161. The van der Waals surface area contributed by atoms with Crippen LogP contribution in [0.2, 0.25) is 5.02 Å². The maximum Gasteiger partial charge on any atom is 0.227 e. The number of hydrogen-bond acceptors (Lipinski definition) is 4. The quantitative estimate of drug-likeness (QED) is 0.197. The molecule has 37 heavy (non-hydrogen) atoms. The number of phenolic OH excluding ortho intramolecular Hbond substituents is 1. The minimum absolute atomic E-state index is 0.138. The number of fused-ring (bicyclic) bond motifs is 1. The Bertz CT molecular complexity index is 1610. The second-order valence-electron chi connectivity index (χ2n) is 9.15. The van der Waals surface area contributed by atoms with Crippen LogP contribution in [0.5, 0.6) is 5.75 Å². The highest BCUT2D eigenvalue weighted by Gasteiger charge is 2.12. The smallest absolute Gasteiger partial charge is 0.227 e. The van der Waals surface area contributed by atoms with Gasteiger partial charge in [-0.05, 0) is 99.9 Å². The molecule has 1 N–H and O–H groups in total. The van der Waals surface area contributed by atoms with Crippen LogP contribution in [0.4, 0.5) is 5.69 Å². The van der Waals surface area contributed by atoms with E-state index < -0.39 is 0 Å². The minimum atomic E-state index is 0.138. The van der Waals surface area contributed by atoms with Crippen molar-refractivity contribution in [1.82, 2.24) is 4.98 Å². The fourth-order valence-corrected chi connectivity index (χ4v) is 4.94. The van der Waals surface area contributed by atoms with Gasteiger partial charge in [0.1, 0.15) is 11.3 Å². The van der Waals surface area contributed by atoms with E-state index in [9.17, 15) is 5.11 Å². The average molecular weight is 574 g/mol. The summed E-state index contributed by atoms with van der Waals surface area (Å²) in [6, 6.07) is 25.5. The average Bonchev–Trinajstić information content (AvgIpc) is 3.34. The van der Waals surface area contributed by atoms with Crippen molar-refractivity contribution in [2.45, 2.75) is 32.6 Å². The van der Waals surface area contributed by atoms with Gasteiger partial charge in [0.25, 0.3) is 0 Å². The maximum absolute atomic E-state index is 10.6. The largest absolute Gasteiger partial charge is 0.506 e. The van der Waals surface area contributed by atoms with Crippen LogP contribution < -0.4 is 0 Å².